The number of hydrogen-bond acceptors (Lipinski definition) is 6. The number of aryl methyl sites for hydroxylation is 1. The second-order valence-electron chi connectivity index (χ2n) is 5.71. The highest BCUT2D eigenvalue weighted by Crippen LogP contribution is 2.28. The number of anilines is 1. The largest absolute Gasteiger partial charge is 0.360 e. The summed E-state index contributed by atoms with van der Waals surface area (Å²) in [5.74, 6) is 0. The smallest absolute Gasteiger partial charge is 0.270 e. The van der Waals surface area contributed by atoms with E-state index >= 15 is 0 Å². The molecule has 6 nitrogen and oxygen atoms in total. The van der Waals surface area contributed by atoms with Gasteiger partial charge in [-0.25, -0.2) is 4.98 Å². The summed E-state index contributed by atoms with van der Waals surface area (Å²) >= 11 is 1.32. The summed E-state index contributed by atoms with van der Waals surface area (Å²) in [6.45, 7) is 2.09. The fourth-order valence-electron chi connectivity index (χ4n) is 2.44. The van der Waals surface area contributed by atoms with Crippen LogP contribution in [0.5, 0.6) is 0 Å². The molecule has 0 saturated carbocycles. The Morgan fingerprint density at radius 1 is 1.33 bits per heavy atom. The predicted octanol–water partition coefficient (Wildman–Crippen LogP) is 5.26. The minimum atomic E-state index is -0.439. The van der Waals surface area contributed by atoms with Crippen molar-refractivity contribution in [2.45, 2.75) is 13.3 Å². The first-order valence-electron chi connectivity index (χ1n) is 8.27. The summed E-state index contributed by atoms with van der Waals surface area (Å²) in [4.78, 5) is 14.9. The van der Waals surface area contributed by atoms with Gasteiger partial charge < -0.3 is 5.32 Å². The van der Waals surface area contributed by atoms with Gasteiger partial charge in [0.05, 0.1) is 10.6 Å². The third kappa shape index (κ3) is 4.37. The van der Waals surface area contributed by atoms with Crippen LogP contribution in [0.25, 0.3) is 16.8 Å². The second kappa shape index (κ2) is 8.25. The van der Waals surface area contributed by atoms with E-state index in [1.807, 2.05) is 24.3 Å². The van der Waals surface area contributed by atoms with Crippen molar-refractivity contribution in [2.75, 3.05) is 5.32 Å². The van der Waals surface area contributed by atoms with Crippen molar-refractivity contribution in [2.24, 2.45) is 0 Å². The molecule has 27 heavy (non-hydrogen) atoms. The Balaban J connectivity index is 1.81. The molecular weight excluding hydrogens is 360 g/mol. The van der Waals surface area contributed by atoms with Crippen LogP contribution in [0, 0.1) is 21.4 Å². The van der Waals surface area contributed by atoms with Crippen LogP contribution in [0.3, 0.4) is 0 Å². The number of nitrogens with one attached hydrogen (secondary N) is 1. The standard InChI is InChI=1S/C20H16N4O2S/c1-2-14-6-8-17(9-7-14)22-12-16(11-21)20-23-19(13-27-20)15-4-3-5-18(10-15)24(25)26/h3-10,12-13,22H,2H2,1H3. The highest BCUT2D eigenvalue weighted by molar-refractivity contribution is 7.11. The van der Waals surface area contributed by atoms with Crippen LogP contribution in [-0.2, 0) is 6.42 Å². The third-order valence-corrected chi connectivity index (χ3v) is 4.83. The molecule has 134 valence electrons. The number of benzene rings is 2. The maximum Gasteiger partial charge on any atom is 0.270 e. The van der Waals surface area contributed by atoms with Crippen LogP contribution in [0.15, 0.2) is 60.1 Å². The lowest BCUT2D eigenvalue weighted by Crippen LogP contribution is -1.92. The highest BCUT2D eigenvalue weighted by atomic mass is 32.1. The van der Waals surface area contributed by atoms with Gasteiger partial charge in [-0.05, 0) is 24.1 Å². The number of nitrogens with zero attached hydrogens (tertiary/aromatic N) is 3. The van der Waals surface area contributed by atoms with Crippen molar-refractivity contribution in [3.8, 4) is 17.3 Å². The van der Waals surface area contributed by atoms with Crippen LogP contribution in [0.4, 0.5) is 11.4 Å². The van der Waals surface area contributed by atoms with Crippen molar-refractivity contribution < 1.29 is 4.92 Å². The molecule has 0 radical (unpaired) electrons. The Morgan fingerprint density at radius 3 is 2.78 bits per heavy atom. The van der Waals surface area contributed by atoms with E-state index in [1.165, 1.54) is 29.0 Å². The molecule has 0 saturated heterocycles. The Hall–Kier alpha value is -3.50. The molecule has 0 fully saturated rings. The number of rotatable bonds is 6. The molecule has 0 aliphatic heterocycles. The molecule has 3 aromatic rings. The summed E-state index contributed by atoms with van der Waals surface area (Å²) in [6.07, 6.45) is 2.59. The lowest BCUT2D eigenvalue weighted by molar-refractivity contribution is -0.384. The second-order valence-corrected chi connectivity index (χ2v) is 6.57. The molecule has 1 heterocycles. The minimum absolute atomic E-state index is 0.00953. The molecule has 0 aliphatic carbocycles. The molecular formula is C20H16N4O2S. The topological polar surface area (TPSA) is 91.8 Å². The molecule has 0 aliphatic rings. The summed E-state index contributed by atoms with van der Waals surface area (Å²) in [5.41, 5.74) is 3.78. The van der Waals surface area contributed by atoms with Gasteiger partial charge in [0.15, 0.2) is 0 Å². The third-order valence-electron chi connectivity index (χ3n) is 3.95. The van der Waals surface area contributed by atoms with Crippen LogP contribution in [0.1, 0.15) is 17.5 Å². The average Bonchev–Trinajstić information content (AvgIpc) is 3.19. The van der Waals surface area contributed by atoms with Gasteiger partial charge in [0.2, 0.25) is 0 Å². The first-order valence-corrected chi connectivity index (χ1v) is 9.15. The van der Waals surface area contributed by atoms with Gasteiger partial charge in [-0.1, -0.05) is 31.2 Å². The molecule has 0 bridgehead atoms. The number of nitro benzene ring substituents is 1. The predicted molar refractivity (Wildman–Crippen MR) is 107 cm³/mol. The van der Waals surface area contributed by atoms with E-state index in [0.717, 1.165) is 12.1 Å². The average molecular weight is 376 g/mol. The van der Waals surface area contributed by atoms with Gasteiger partial charge >= 0.3 is 0 Å². The zero-order valence-corrected chi connectivity index (χ0v) is 15.4. The van der Waals surface area contributed by atoms with Gasteiger partial charge in [-0.2, -0.15) is 5.26 Å². The molecule has 1 N–H and O–H groups in total. The fraction of sp³-hybridized carbons (Fsp3) is 0.100. The normalized spacial score (nSPS) is 11.0. The van der Waals surface area contributed by atoms with E-state index in [4.69, 9.17) is 0 Å². The van der Waals surface area contributed by atoms with Crippen LogP contribution < -0.4 is 5.32 Å². The Labute approximate surface area is 160 Å². The van der Waals surface area contributed by atoms with Crippen LogP contribution in [0.2, 0.25) is 0 Å². The summed E-state index contributed by atoms with van der Waals surface area (Å²) in [7, 11) is 0. The summed E-state index contributed by atoms with van der Waals surface area (Å²) in [5, 5.41) is 25.8. The number of aromatic nitrogens is 1. The molecule has 0 spiro atoms. The molecule has 0 atom stereocenters. The summed E-state index contributed by atoms with van der Waals surface area (Å²) < 4.78 is 0. The lowest BCUT2D eigenvalue weighted by Gasteiger charge is -2.03. The summed E-state index contributed by atoms with van der Waals surface area (Å²) in [6, 6.07) is 16.4. The van der Waals surface area contributed by atoms with Gasteiger partial charge in [0.1, 0.15) is 16.6 Å². The first kappa shape index (κ1) is 18.3. The van der Waals surface area contributed by atoms with Crippen molar-refractivity contribution in [1.29, 1.82) is 5.26 Å². The highest BCUT2D eigenvalue weighted by Gasteiger charge is 2.12. The van der Waals surface area contributed by atoms with Crippen LogP contribution >= 0.6 is 11.3 Å². The fourth-order valence-corrected chi connectivity index (χ4v) is 3.24. The van der Waals surface area contributed by atoms with Crippen molar-refractivity contribution in [3.05, 3.63) is 80.8 Å². The van der Waals surface area contributed by atoms with E-state index < -0.39 is 4.92 Å². The van der Waals surface area contributed by atoms with Gasteiger partial charge in [0, 0.05) is 35.0 Å². The van der Waals surface area contributed by atoms with E-state index in [9.17, 15) is 15.4 Å². The van der Waals surface area contributed by atoms with Crippen molar-refractivity contribution >= 4 is 28.3 Å². The Morgan fingerprint density at radius 2 is 2.11 bits per heavy atom. The lowest BCUT2D eigenvalue weighted by atomic mass is 10.1. The number of allylic oxidation sites excluding steroid dienone is 1. The van der Waals surface area contributed by atoms with Crippen LogP contribution in [-0.4, -0.2) is 9.91 Å². The minimum Gasteiger partial charge on any atom is -0.360 e. The first-order chi connectivity index (χ1) is 13.1. The van der Waals surface area contributed by atoms with E-state index in [1.54, 1.807) is 23.7 Å². The monoisotopic (exact) mass is 376 g/mol. The van der Waals surface area contributed by atoms with E-state index in [-0.39, 0.29) is 5.69 Å². The quantitative estimate of drug-likeness (QED) is 0.360. The van der Waals surface area contributed by atoms with Crippen molar-refractivity contribution in [1.82, 2.24) is 4.98 Å². The Kier molecular flexibility index (Phi) is 5.59. The molecule has 1 aromatic heterocycles. The molecule has 3 rings (SSSR count). The Bertz CT molecular complexity index is 1030. The van der Waals surface area contributed by atoms with E-state index in [2.05, 4.69) is 23.3 Å². The van der Waals surface area contributed by atoms with Gasteiger partial charge in [0.25, 0.3) is 5.69 Å². The number of nitriles is 1. The maximum atomic E-state index is 10.9. The number of non-ortho nitro benzene ring substituents is 1. The van der Waals surface area contributed by atoms with Gasteiger partial charge in [-0.3, -0.25) is 10.1 Å². The number of nitro groups is 1. The van der Waals surface area contributed by atoms with Gasteiger partial charge in [-0.15, -0.1) is 11.3 Å². The number of thiazole rings is 1. The molecule has 0 unspecified atom stereocenters. The zero-order valence-electron chi connectivity index (χ0n) is 14.5. The molecule has 0 amide bonds. The zero-order chi connectivity index (χ0) is 19.2. The van der Waals surface area contributed by atoms with Crippen molar-refractivity contribution in [3.63, 3.8) is 0 Å². The maximum absolute atomic E-state index is 10.9. The molecule has 2 aromatic carbocycles. The molecule has 7 heteroatoms. The SMILES string of the molecule is CCc1ccc(NC=C(C#N)c2nc(-c3cccc([N+](=O)[O-])c3)cs2)cc1. The van der Waals surface area contributed by atoms with E-state index in [0.29, 0.717) is 21.8 Å². The number of hydrogen-bond donors (Lipinski definition) is 1.